The highest BCUT2D eigenvalue weighted by atomic mass is 79.9. The lowest BCUT2D eigenvalue weighted by Gasteiger charge is -2.12. The van der Waals surface area contributed by atoms with Gasteiger partial charge in [0.1, 0.15) is 5.75 Å². The van der Waals surface area contributed by atoms with Crippen LogP contribution in [0.4, 0.5) is 0 Å². The molecule has 0 aliphatic rings. The molecule has 1 heterocycles. The van der Waals surface area contributed by atoms with E-state index >= 15 is 0 Å². The molecular weight excluding hydrogens is 348 g/mol. The molecule has 0 saturated carbocycles. The number of aliphatic hydroxyl groups is 1. The van der Waals surface area contributed by atoms with E-state index < -0.39 is 6.10 Å². The van der Waals surface area contributed by atoms with E-state index in [2.05, 4.69) is 15.9 Å². The molecule has 2 aromatic rings. The Kier molecular flexibility index (Phi) is 4.90. The first kappa shape index (κ1) is 14.9. The summed E-state index contributed by atoms with van der Waals surface area (Å²) in [5.41, 5.74) is 2.04. The molecule has 1 atom stereocenters. The van der Waals surface area contributed by atoms with Crippen LogP contribution in [0.15, 0.2) is 28.1 Å². The van der Waals surface area contributed by atoms with Crippen molar-refractivity contribution in [2.24, 2.45) is 0 Å². The number of ether oxygens (including phenoxy) is 1. The summed E-state index contributed by atoms with van der Waals surface area (Å²) in [6, 6.07) is 7.43. The van der Waals surface area contributed by atoms with Crippen LogP contribution in [-0.4, -0.2) is 12.2 Å². The molecule has 0 aliphatic heterocycles. The minimum Gasteiger partial charge on any atom is -0.496 e. The molecule has 1 aromatic carbocycles. The van der Waals surface area contributed by atoms with Crippen molar-refractivity contribution in [1.82, 2.24) is 0 Å². The Balaban J connectivity index is 2.23. The molecule has 5 heteroatoms. The number of hydrogen-bond donors (Lipinski definition) is 1. The number of thiophene rings is 1. The van der Waals surface area contributed by atoms with E-state index in [9.17, 15) is 5.11 Å². The van der Waals surface area contributed by atoms with Crippen molar-refractivity contribution in [1.29, 1.82) is 0 Å². The largest absolute Gasteiger partial charge is 0.496 e. The Morgan fingerprint density at radius 3 is 2.74 bits per heavy atom. The molecule has 0 amide bonds. The second kappa shape index (κ2) is 6.27. The third-order valence-corrected chi connectivity index (χ3v) is 5.33. The quantitative estimate of drug-likeness (QED) is 0.851. The van der Waals surface area contributed by atoms with Crippen LogP contribution in [0, 0.1) is 6.92 Å². The van der Waals surface area contributed by atoms with E-state index in [1.807, 2.05) is 25.1 Å². The van der Waals surface area contributed by atoms with Crippen molar-refractivity contribution < 1.29 is 9.84 Å². The maximum Gasteiger partial charge on any atom is 0.122 e. The predicted molar refractivity (Wildman–Crippen MR) is 83.4 cm³/mol. The van der Waals surface area contributed by atoms with Crippen molar-refractivity contribution >= 4 is 38.9 Å². The van der Waals surface area contributed by atoms with Crippen LogP contribution in [0.2, 0.25) is 5.02 Å². The van der Waals surface area contributed by atoms with E-state index in [4.69, 9.17) is 16.3 Å². The van der Waals surface area contributed by atoms with Gasteiger partial charge in [0.15, 0.2) is 0 Å². The standard InChI is InChI=1S/C14H14BrClO2S/c1-8-5-13(19-14(8)15)11(17)7-9-6-10(16)3-4-12(9)18-2/h3-6,11,17H,7H2,1-2H3. The van der Waals surface area contributed by atoms with Gasteiger partial charge in [-0.2, -0.15) is 0 Å². The molecule has 2 rings (SSSR count). The highest BCUT2D eigenvalue weighted by Gasteiger charge is 2.15. The minimum atomic E-state index is -0.553. The maximum atomic E-state index is 10.3. The molecule has 0 spiro atoms. The van der Waals surface area contributed by atoms with Gasteiger partial charge in [-0.1, -0.05) is 11.6 Å². The van der Waals surface area contributed by atoms with Crippen LogP contribution in [0.1, 0.15) is 22.1 Å². The first-order valence-electron chi connectivity index (χ1n) is 5.77. The number of hydrogen-bond acceptors (Lipinski definition) is 3. The van der Waals surface area contributed by atoms with Crippen LogP contribution < -0.4 is 4.74 Å². The molecule has 102 valence electrons. The SMILES string of the molecule is COc1ccc(Cl)cc1CC(O)c1cc(C)c(Br)s1. The summed E-state index contributed by atoms with van der Waals surface area (Å²) in [7, 11) is 1.62. The van der Waals surface area contributed by atoms with Gasteiger partial charge < -0.3 is 9.84 Å². The molecule has 19 heavy (non-hydrogen) atoms. The van der Waals surface area contributed by atoms with Crippen LogP contribution in [-0.2, 0) is 6.42 Å². The molecule has 1 N–H and O–H groups in total. The second-order valence-corrected chi connectivity index (χ2v) is 7.12. The number of aliphatic hydroxyl groups excluding tert-OH is 1. The summed E-state index contributed by atoms with van der Waals surface area (Å²) < 4.78 is 6.35. The number of benzene rings is 1. The maximum absolute atomic E-state index is 10.3. The van der Waals surface area contributed by atoms with Crippen molar-refractivity contribution in [3.63, 3.8) is 0 Å². The van der Waals surface area contributed by atoms with E-state index in [-0.39, 0.29) is 0 Å². The van der Waals surface area contributed by atoms with E-state index in [1.165, 1.54) is 0 Å². The normalized spacial score (nSPS) is 12.5. The molecular formula is C14H14BrClO2S. The second-order valence-electron chi connectivity index (χ2n) is 4.28. The van der Waals surface area contributed by atoms with Gasteiger partial charge >= 0.3 is 0 Å². The van der Waals surface area contributed by atoms with Gasteiger partial charge in [0, 0.05) is 16.3 Å². The van der Waals surface area contributed by atoms with Gasteiger partial charge in [-0.25, -0.2) is 0 Å². The summed E-state index contributed by atoms with van der Waals surface area (Å²) in [5, 5.41) is 11.0. The summed E-state index contributed by atoms with van der Waals surface area (Å²) in [4.78, 5) is 0.936. The summed E-state index contributed by atoms with van der Waals surface area (Å²) in [6.07, 6.45) is -0.0711. The Bertz CT molecular complexity index is 563. The van der Waals surface area contributed by atoms with Crippen molar-refractivity contribution in [3.05, 3.63) is 49.1 Å². The Labute approximate surface area is 130 Å². The zero-order chi connectivity index (χ0) is 14.0. The Morgan fingerprint density at radius 1 is 1.42 bits per heavy atom. The monoisotopic (exact) mass is 360 g/mol. The average molecular weight is 362 g/mol. The van der Waals surface area contributed by atoms with Crippen LogP contribution in [0.25, 0.3) is 0 Å². The third kappa shape index (κ3) is 3.51. The fourth-order valence-electron chi connectivity index (χ4n) is 1.86. The summed E-state index contributed by atoms with van der Waals surface area (Å²) in [6.45, 7) is 2.01. The van der Waals surface area contributed by atoms with E-state index in [0.29, 0.717) is 11.4 Å². The number of rotatable bonds is 4. The van der Waals surface area contributed by atoms with Crippen molar-refractivity contribution in [3.8, 4) is 5.75 Å². The van der Waals surface area contributed by atoms with Gasteiger partial charge in [-0.3, -0.25) is 0 Å². The van der Waals surface area contributed by atoms with E-state index in [0.717, 1.165) is 25.5 Å². The fraction of sp³-hybridized carbons (Fsp3) is 0.286. The lowest BCUT2D eigenvalue weighted by molar-refractivity contribution is 0.181. The summed E-state index contributed by atoms with van der Waals surface area (Å²) in [5.74, 6) is 0.746. The van der Waals surface area contributed by atoms with Crippen molar-refractivity contribution in [2.75, 3.05) is 7.11 Å². The first-order chi connectivity index (χ1) is 9.01. The minimum absolute atomic E-state index is 0.482. The lowest BCUT2D eigenvalue weighted by Crippen LogP contribution is -2.01. The molecule has 0 fully saturated rings. The lowest BCUT2D eigenvalue weighted by atomic mass is 10.1. The zero-order valence-corrected chi connectivity index (χ0v) is 13.8. The Hall–Kier alpha value is -0.550. The van der Waals surface area contributed by atoms with Crippen molar-refractivity contribution in [2.45, 2.75) is 19.4 Å². The van der Waals surface area contributed by atoms with Crippen LogP contribution in [0.5, 0.6) is 5.75 Å². The molecule has 0 bridgehead atoms. The molecule has 1 unspecified atom stereocenters. The molecule has 1 aromatic heterocycles. The molecule has 0 radical (unpaired) electrons. The molecule has 2 nitrogen and oxygen atoms in total. The van der Waals surface area contributed by atoms with Gasteiger partial charge in [-0.15, -0.1) is 11.3 Å². The first-order valence-corrected chi connectivity index (χ1v) is 7.76. The number of methoxy groups -OCH3 is 1. The van der Waals surface area contributed by atoms with Gasteiger partial charge in [0.2, 0.25) is 0 Å². The highest BCUT2D eigenvalue weighted by Crippen LogP contribution is 2.34. The number of halogens is 2. The van der Waals surface area contributed by atoms with Crippen LogP contribution in [0.3, 0.4) is 0 Å². The van der Waals surface area contributed by atoms with Gasteiger partial charge in [0.05, 0.1) is 17.0 Å². The topological polar surface area (TPSA) is 29.5 Å². The predicted octanol–water partition coefficient (Wildman–Crippen LogP) is 4.76. The Morgan fingerprint density at radius 2 is 2.16 bits per heavy atom. The van der Waals surface area contributed by atoms with Gasteiger partial charge in [-0.05, 0) is 58.2 Å². The summed E-state index contributed by atoms with van der Waals surface area (Å²) >= 11 is 11.0. The molecule has 0 aliphatic carbocycles. The molecule has 0 saturated heterocycles. The zero-order valence-electron chi connectivity index (χ0n) is 10.6. The number of aryl methyl sites for hydroxylation is 1. The van der Waals surface area contributed by atoms with E-state index in [1.54, 1.807) is 24.5 Å². The van der Waals surface area contributed by atoms with Gasteiger partial charge in [0.25, 0.3) is 0 Å². The third-order valence-electron chi connectivity index (χ3n) is 2.86. The fourth-order valence-corrected chi connectivity index (χ4v) is 3.62. The smallest absolute Gasteiger partial charge is 0.122 e. The van der Waals surface area contributed by atoms with Crippen LogP contribution >= 0.6 is 38.9 Å². The average Bonchev–Trinajstić information content (AvgIpc) is 2.70. The highest BCUT2D eigenvalue weighted by molar-refractivity contribution is 9.11.